The Morgan fingerprint density at radius 1 is 0.738 bits per heavy atom. The summed E-state index contributed by atoms with van der Waals surface area (Å²) in [6.07, 6.45) is 0.743. The molecule has 9 nitrogen and oxygen atoms in total. The van der Waals surface area contributed by atoms with Crippen LogP contribution in [0.2, 0.25) is 0 Å². The molecule has 3 rings (SSSR count). The Kier molecular flexibility index (Phi) is 12.1. The van der Waals surface area contributed by atoms with Crippen LogP contribution in [0.5, 0.6) is 0 Å². The van der Waals surface area contributed by atoms with Gasteiger partial charge in [-0.05, 0) is 55.4 Å². The second-order valence-corrected chi connectivity index (χ2v) is 12.0. The number of carbonyl (C=O) groups is 3. The zero-order valence-electron chi connectivity index (χ0n) is 23.9. The van der Waals surface area contributed by atoms with Gasteiger partial charge in [-0.15, -0.1) is 0 Å². The van der Waals surface area contributed by atoms with Crippen molar-refractivity contribution in [3.8, 4) is 0 Å². The van der Waals surface area contributed by atoms with Gasteiger partial charge in [0.15, 0.2) is 0 Å². The van der Waals surface area contributed by atoms with E-state index in [0.717, 1.165) is 16.7 Å². The molecule has 0 aliphatic heterocycles. The quantitative estimate of drug-likeness (QED) is 0.188. The number of Topliss-reactive ketones (excluding diaryl/α,β-unsaturated/α-hetero) is 1. The number of hydrogen-bond donors (Lipinski definition) is 4. The standard InChI is InChI=1S/C32H38N4O5S/c1-23(37)13-19-29(31(38)34-21-26-14-17-28(18-15-26)24(2)33)35-32(39)30(20-16-25-9-5-3-6-10-25)36-42(40,41)22-27-11-7-4-8-12-27/h3-12,14-15,17-18,29-30,33,36H,13,16,19-22H2,1-2H3,(H,34,38)(H,35,39)/t29-,30+/m0/s1. The average molecular weight is 591 g/mol. The summed E-state index contributed by atoms with van der Waals surface area (Å²) in [5.74, 6) is -1.56. The van der Waals surface area contributed by atoms with Gasteiger partial charge in [-0.2, -0.15) is 0 Å². The third-order valence-corrected chi connectivity index (χ3v) is 8.03. The number of sulfonamides is 1. The maximum Gasteiger partial charge on any atom is 0.242 e. The molecule has 42 heavy (non-hydrogen) atoms. The van der Waals surface area contributed by atoms with Gasteiger partial charge in [-0.1, -0.05) is 84.9 Å². The minimum atomic E-state index is -3.90. The predicted molar refractivity (Wildman–Crippen MR) is 163 cm³/mol. The highest BCUT2D eigenvalue weighted by molar-refractivity contribution is 7.88. The van der Waals surface area contributed by atoms with E-state index in [-0.39, 0.29) is 37.3 Å². The smallest absolute Gasteiger partial charge is 0.242 e. The Morgan fingerprint density at radius 2 is 1.33 bits per heavy atom. The molecule has 10 heteroatoms. The summed E-state index contributed by atoms with van der Waals surface area (Å²) >= 11 is 0. The van der Waals surface area contributed by atoms with Crippen molar-refractivity contribution in [1.82, 2.24) is 15.4 Å². The summed E-state index contributed by atoms with van der Waals surface area (Å²) in [6.45, 7) is 3.28. The largest absolute Gasteiger partial charge is 0.350 e. The number of nitrogens with one attached hydrogen (secondary N) is 4. The summed E-state index contributed by atoms with van der Waals surface area (Å²) < 4.78 is 28.7. The van der Waals surface area contributed by atoms with Crippen molar-refractivity contribution in [3.05, 3.63) is 107 Å². The van der Waals surface area contributed by atoms with Crippen molar-refractivity contribution >= 4 is 33.3 Å². The van der Waals surface area contributed by atoms with Crippen molar-refractivity contribution in [1.29, 1.82) is 5.41 Å². The van der Waals surface area contributed by atoms with Crippen LogP contribution >= 0.6 is 0 Å². The lowest BCUT2D eigenvalue weighted by Gasteiger charge is -2.23. The van der Waals surface area contributed by atoms with Gasteiger partial charge < -0.3 is 20.8 Å². The van der Waals surface area contributed by atoms with Crippen LogP contribution in [-0.2, 0) is 43.1 Å². The van der Waals surface area contributed by atoms with Crippen molar-refractivity contribution in [3.63, 3.8) is 0 Å². The van der Waals surface area contributed by atoms with Gasteiger partial charge in [0.05, 0.1) is 5.75 Å². The van der Waals surface area contributed by atoms with Crippen LogP contribution in [-0.4, -0.2) is 43.8 Å². The van der Waals surface area contributed by atoms with Crippen LogP contribution < -0.4 is 15.4 Å². The van der Waals surface area contributed by atoms with E-state index in [4.69, 9.17) is 5.41 Å². The van der Waals surface area contributed by atoms with Crippen LogP contribution in [0.15, 0.2) is 84.9 Å². The Labute approximate surface area is 247 Å². The van der Waals surface area contributed by atoms with Gasteiger partial charge >= 0.3 is 0 Å². The molecule has 222 valence electrons. The van der Waals surface area contributed by atoms with Gasteiger partial charge in [0.1, 0.15) is 17.9 Å². The van der Waals surface area contributed by atoms with E-state index in [1.807, 2.05) is 30.3 Å². The lowest BCUT2D eigenvalue weighted by Crippen LogP contribution is -2.54. The highest BCUT2D eigenvalue weighted by Gasteiger charge is 2.29. The number of benzene rings is 3. The molecule has 0 unspecified atom stereocenters. The van der Waals surface area contributed by atoms with Crippen molar-refractivity contribution in [2.45, 2.75) is 63.9 Å². The summed E-state index contributed by atoms with van der Waals surface area (Å²) in [4.78, 5) is 38.4. The lowest BCUT2D eigenvalue weighted by molar-refractivity contribution is -0.130. The third kappa shape index (κ3) is 11.0. The van der Waals surface area contributed by atoms with E-state index in [1.165, 1.54) is 6.92 Å². The molecular weight excluding hydrogens is 552 g/mol. The number of amides is 2. The molecule has 0 aliphatic rings. The molecule has 2 atom stereocenters. The van der Waals surface area contributed by atoms with E-state index >= 15 is 0 Å². The monoisotopic (exact) mass is 590 g/mol. The van der Waals surface area contributed by atoms with Crippen LogP contribution in [0.3, 0.4) is 0 Å². The SMILES string of the molecule is CC(=N)c1ccc(CNC(=O)[C@H](CCC(C)=O)NC(=O)[C@@H](CCc2ccccc2)NS(=O)(=O)Cc2ccccc2)cc1. The van der Waals surface area contributed by atoms with Crippen molar-refractivity contribution in [2.75, 3.05) is 0 Å². The first-order valence-corrected chi connectivity index (χ1v) is 15.5. The number of ketones is 1. The van der Waals surface area contributed by atoms with Gasteiger partial charge in [0.2, 0.25) is 21.8 Å². The summed E-state index contributed by atoms with van der Waals surface area (Å²) in [6, 6.07) is 23.1. The van der Waals surface area contributed by atoms with E-state index in [0.29, 0.717) is 17.7 Å². The summed E-state index contributed by atoms with van der Waals surface area (Å²) in [5, 5.41) is 13.2. The number of aryl methyl sites for hydroxylation is 1. The first kappa shape index (κ1) is 32.4. The molecule has 0 heterocycles. The first-order chi connectivity index (χ1) is 20.0. The zero-order valence-corrected chi connectivity index (χ0v) is 24.7. The van der Waals surface area contributed by atoms with E-state index in [9.17, 15) is 22.8 Å². The Hall–Kier alpha value is -4.15. The molecule has 0 aliphatic carbocycles. The van der Waals surface area contributed by atoms with Crippen molar-refractivity contribution < 1.29 is 22.8 Å². The van der Waals surface area contributed by atoms with E-state index in [1.54, 1.807) is 61.5 Å². The minimum absolute atomic E-state index is 0.0695. The molecule has 0 saturated carbocycles. The van der Waals surface area contributed by atoms with Crippen LogP contribution in [0, 0.1) is 5.41 Å². The maximum absolute atomic E-state index is 13.5. The molecule has 0 spiro atoms. The average Bonchev–Trinajstić information content (AvgIpc) is 2.96. The van der Waals surface area contributed by atoms with Crippen molar-refractivity contribution in [2.24, 2.45) is 0 Å². The summed E-state index contributed by atoms with van der Waals surface area (Å²) in [7, 11) is -3.90. The molecule has 0 aromatic heterocycles. The van der Waals surface area contributed by atoms with E-state index < -0.39 is 33.9 Å². The Balaban J connectivity index is 1.74. The number of rotatable bonds is 16. The fourth-order valence-corrected chi connectivity index (χ4v) is 5.70. The molecule has 3 aromatic carbocycles. The third-order valence-electron chi connectivity index (χ3n) is 6.67. The Bertz CT molecular complexity index is 1460. The molecule has 4 N–H and O–H groups in total. The molecule has 2 amide bonds. The van der Waals surface area contributed by atoms with Gasteiger partial charge in [0.25, 0.3) is 0 Å². The molecule has 3 aromatic rings. The fourth-order valence-electron chi connectivity index (χ4n) is 4.32. The molecule has 0 radical (unpaired) electrons. The van der Waals surface area contributed by atoms with Gasteiger partial charge in [-0.25, -0.2) is 13.1 Å². The molecule has 0 saturated heterocycles. The Morgan fingerprint density at radius 3 is 1.90 bits per heavy atom. The lowest BCUT2D eigenvalue weighted by atomic mass is 10.0. The number of carbonyl (C=O) groups excluding carboxylic acids is 3. The minimum Gasteiger partial charge on any atom is -0.350 e. The normalized spacial score (nSPS) is 12.6. The van der Waals surface area contributed by atoms with Crippen LogP contribution in [0.1, 0.15) is 55.4 Å². The number of hydrogen-bond acceptors (Lipinski definition) is 6. The van der Waals surface area contributed by atoms with E-state index in [2.05, 4.69) is 15.4 Å². The second-order valence-electron chi connectivity index (χ2n) is 10.3. The highest BCUT2D eigenvalue weighted by atomic mass is 32.2. The van der Waals surface area contributed by atoms with Crippen LogP contribution in [0.25, 0.3) is 0 Å². The second kappa shape index (κ2) is 15.7. The van der Waals surface area contributed by atoms with Gasteiger partial charge in [-0.3, -0.25) is 9.59 Å². The van der Waals surface area contributed by atoms with Crippen LogP contribution in [0.4, 0.5) is 0 Å². The highest BCUT2D eigenvalue weighted by Crippen LogP contribution is 2.11. The summed E-state index contributed by atoms with van der Waals surface area (Å²) in [5.41, 5.74) is 3.52. The molecule has 0 fully saturated rings. The van der Waals surface area contributed by atoms with Gasteiger partial charge in [0, 0.05) is 18.7 Å². The zero-order chi connectivity index (χ0) is 30.5. The predicted octanol–water partition coefficient (Wildman–Crippen LogP) is 3.67. The first-order valence-electron chi connectivity index (χ1n) is 13.8. The molecular formula is C32H38N4O5S. The fraction of sp³-hybridized carbons (Fsp3) is 0.312. The topological polar surface area (TPSA) is 145 Å². The maximum atomic E-state index is 13.5. The molecule has 0 bridgehead atoms.